The Balaban J connectivity index is 3.78. The number of aliphatic hydroxyl groups excluding tert-OH is 2. The van der Waals surface area contributed by atoms with Crippen LogP contribution in [-0.4, -0.2) is 59.3 Å². The average molecular weight is 320 g/mol. The van der Waals surface area contributed by atoms with E-state index in [1.54, 1.807) is 25.6 Å². The zero-order valence-corrected chi connectivity index (χ0v) is 14.0. The average Bonchev–Trinajstić information content (AvgIpc) is 2.46. The van der Waals surface area contributed by atoms with E-state index in [-0.39, 0.29) is 25.5 Å². The van der Waals surface area contributed by atoms with Crippen LogP contribution < -0.4 is 10.6 Å². The van der Waals surface area contributed by atoms with Gasteiger partial charge in [-0.1, -0.05) is 20.8 Å². The molecule has 0 aromatic rings. The van der Waals surface area contributed by atoms with Crippen LogP contribution in [0.4, 0.5) is 0 Å². The van der Waals surface area contributed by atoms with E-state index in [1.165, 1.54) is 0 Å². The fraction of sp³-hybridized carbons (Fsp3) is 0.857. The molecule has 2 amide bonds. The number of thioether (sulfide) groups is 1. The highest BCUT2D eigenvalue weighted by atomic mass is 32.2. The van der Waals surface area contributed by atoms with Crippen molar-refractivity contribution < 1.29 is 19.8 Å². The van der Waals surface area contributed by atoms with Crippen LogP contribution in [-0.2, 0) is 9.59 Å². The molecule has 0 radical (unpaired) electrons. The number of nitrogens with one attached hydrogen (secondary N) is 2. The molecule has 0 rings (SSSR count). The van der Waals surface area contributed by atoms with Gasteiger partial charge >= 0.3 is 0 Å². The SMILES string of the molecule is CCCSCCNC(=O)CCNC(=O)C(O)C(C)(C)CO. The van der Waals surface area contributed by atoms with Gasteiger partial charge in [0.25, 0.3) is 0 Å². The van der Waals surface area contributed by atoms with Crippen molar-refractivity contribution in [1.29, 1.82) is 0 Å². The summed E-state index contributed by atoms with van der Waals surface area (Å²) < 4.78 is 0. The number of hydrogen-bond acceptors (Lipinski definition) is 5. The molecular formula is C14H28N2O4S. The summed E-state index contributed by atoms with van der Waals surface area (Å²) in [5, 5.41) is 24.1. The first kappa shape index (κ1) is 20.2. The van der Waals surface area contributed by atoms with Crippen LogP contribution in [0.5, 0.6) is 0 Å². The molecule has 0 fully saturated rings. The Hall–Kier alpha value is -0.790. The lowest BCUT2D eigenvalue weighted by atomic mass is 9.87. The molecule has 6 nitrogen and oxygen atoms in total. The largest absolute Gasteiger partial charge is 0.396 e. The van der Waals surface area contributed by atoms with Gasteiger partial charge in [0.05, 0.1) is 6.61 Å². The van der Waals surface area contributed by atoms with Crippen molar-refractivity contribution in [3.05, 3.63) is 0 Å². The minimum Gasteiger partial charge on any atom is -0.396 e. The van der Waals surface area contributed by atoms with Crippen LogP contribution >= 0.6 is 11.8 Å². The van der Waals surface area contributed by atoms with Gasteiger partial charge in [0.1, 0.15) is 6.10 Å². The predicted molar refractivity (Wildman–Crippen MR) is 85.1 cm³/mol. The summed E-state index contributed by atoms with van der Waals surface area (Å²) in [4.78, 5) is 23.2. The molecule has 124 valence electrons. The van der Waals surface area contributed by atoms with Crippen molar-refractivity contribution in [2.75, 3.05) is 31.2 Å². The van der Waals surface area contributed by atoms with Crippen LogP contribution in [0.2, 0.25) is 0 Å². The van der Waals surface area contributed by atoms with Gasteiger partial charge in [0.15, 0.2) is 0 Å². The molecule has 0 saturated heterocycles. The monoisotopic (exact) mass is 320 g/mol. The van der Waals surface area contributed by atoms with Gasteiger partial charge in [-0.05, 0) is 12.2 Å². The fourth-order valence-corrected chi connectivity index (χ4v) is 2.17. The number of aliphatic hydroxyl groups is 2. The van der Waals surface area contributed by atoms with E-state index in [0.717, 1.165) is 17.9 Å². The van der Waals surface area contributed by atoms with Gasteiger partial charge in [-0.2, -0.15) is 11.8 Å². The molecule has 7 heteroatoms. The predicted octanol–water partition coefficient (Wildman–Crippen LogP) is 0.132. The molecule has 0 aromatic carbocycles. The third kappa shape index (κ3) is 8.95. The zero-order chi connectivity index (χ0) is 16.3. The molecular weight excluding hydrogens is 292 g/mol. The first-order chi connectivity index (χ1) is 9.85. The lowest BCUT2D eigenvalue weighted by Crippen LogP contribution is -2.46. The van der Waals surface area contributed by atoms with Crippen LogP contribution in [0, 0.1) is 5.41 Å². The highest BCUT2D eigenvalue weighted by Gasteiger charge is 2.32. The molecule has 1 unspecified atom stereocenters. The Morgan fingerprint density at radius 2 is 1.86 bits per heavy atom. The molecule has 0 spiro atoms. The summed E-state index contributed by atoms with van der Waals surface area (Å²) in [5.41, 5.74) is -0.900. The summed E-state index contributed by atoms with van der Waals surface area (Å²) in [6.07, 6.45) is 0.00386. The molecule has 0 aliphatic rings. The molecule has 0 aliphatic heterocycles. The molecule has 1 atom stereocenters. The maximum absolute atomic E-state index is 11.7. The second-order valence-electron chi connectivity index (χ2n) is 5.55. The minimum absolute atomic E-state index is 0.122. The molecule has 0 bridgehead atoms. The first-order valence-corrected chi connectivity index (χ1v) is 8.41. The van der Waals surface area contributed by atoms with Crippen LogP contribution in [0.15, 0.2) is 0 Å². The van der Waals surface area contributed by atoms with E-state index in [1.807, 2.05) is 0 Å². The van der Waals surface area contributed by atoms with Crippen molar-refractivity contribution in [1.82, 2.24) is 10.6 Å². The van der Waals surface area contributed by atoms with E-state index in [9.17, 15) is 14.7 Å². The number of rotatable bonds is 11. The number of hydrogen-bond donors (Lipinski definition) is 4. The summed E-state index contributed by atoms with van der Waals surface area (Å²) in [6.45, 7) is 5.80. The smallest absolute Gasteiger partial charge is 0.249 e. The molecule has 0 aliphatic carbocycles. The van der Waals surface area contributed by atoms with Crippen molar-refractivity contribution >= 4 is 23.6 Å². The fourth-order valence-electron chi connectivity index (χ4n) is 1.43. The number of amides is 2. The Morgan fingerprint density at radius 1 is 1.19 bits per heavy atom. The normalized spacial score (nSPS) is 12.8. The van der Waals surface area contributed by atoms with E-state index in [2.05, 4.69) is 17.6 Å². The lowest BCUT2D eigenvalue weighted by molar-refractivity contribution is -0.137. The van der Waals surface area contributed by atoms with Crippen molar-refractivity contribution in [3.8, 4) is 0 Å². The third-order valence-corrected chi connectivity index (χ3v) is 4.15. The molecule has 0 saturated carbocycles. The minimum atomic E-state index is -1.30. The summed E-state index contributed by atoms with van der Waals surface area (Å²) in [7, 11) is 0. The second kappa shape index (κ2) is 10.9. The van der Waals surface area contributed by atoms with Gasteiger partial charge < -0.3 is 20.8 Å². The number of carbonyl (C=O) groups is 2. The van der Waals surface area contributed by atoms with Crippen LogP contribution in [0.3, 0.4) is 0 Å². The van der Waals surface area contributed by atoms with Gasteiger partial charge in [-0.15, -0.1) is 0 Å². The van der Waals surface area contributed by atoms with E-state index < -0.39 is 17.4 Å². The number of carbonyl (C=O) groups excluding carboxylic acids is 2. The first-order valence-electron chi connectivity index (χ1n) is 7.26. The zero-order valence-electron chi connectivity index (χ0n) is 13.1. The summed E-state index contributed by atoms with van der Waals surface area (Å²) in [6, 6.07) is 0. The molecule has 0 heterocycles. The molecule has 21 heavy (non-hydrogen) atoms. The Morgan fingerprint density at radius 3 is 2.43 bits per heavy atom. The third-order valence-electron chi connectivity index (χ3n) is 2.96. The lowest BCUT2D eigenvalue weighted by Gasteiger charge is -2.27. The van der Waals surface area contributed by atoms with Crippen LogP contribution in [0.25, 0.3) is 0 Å². The van der Waals surface area contributed by atoms with E-state index >= 15 is 0 Å². The van der Waals surface area contributed by atoms with Crippen molar-refractivity contribution in [3.63, 3.8) is 0 Å². The summed E-state index contributed by atoms with van der Waals surface area (Å²) >= 11 is 1.79. The van der Waals surface area contributed by atoms with Gasteiger partial charge in [-0.3, -0.25) is 9.59 Å². The Labute approximate surface area is 131 Å². The van der Waals surface area contributed by atoms with Crippen molar-refractivity contribution in [2.24, 2.45) is 5.41 Å². The topological polar surface area (TPSA) is 98.7 Å². The quantitative estimate of drug-likeness (QED) is 0.406. The Bertz CT molecular complexity index is 324. The van der Waals surface area contributed by atoms with Gasteiger partial charge in [-0.25, -0.2) is 0 Å². The highest BCUT2D eigenvalue weighted by Crippen LogP contribution is 2.19. The highest BCUT2D eigenvalue weighted by molar-refractivity contribution is 7.99. The van der Waals surface area contributed by atoms with Crippen LogP contribution in [0.1, 0.15) is 33.6 Å². The maximum atomic E-state index is 11.7. The summed E-state index contributed by atoms with van der Waals surface area (Å²) in [5.74, 6) is 1.28. The van der Waals surface area contributed by atoms with Gasteiger partial charge in [0, 0.05) is 30.7 Å². The van der Waals surface area contributed by atoms with E-state index in [4.69, 9.17) is 5.11 Å². The molecule has 0 aromatic heterocycles. The van der Waals surface area contributed by atoms with Crippen molar-refractivity contribution in [2.45, 2.75) is 39.7 Å². The standard InChI is InChI=1S/C14H28N2O4S/c1-4-8-21-9-7-15-11(18)5-6-16-13(20)12(19)14(2,3)10-17/h12,17,19H,4-10H2,1-3H3,(H,15,18)(H,16,20). The van der Waals surface area contributed by atoms with E-state index in [0.29, 0.717) is 6.54 Å². The molecule has 4 N–H and O–H groups in total. The second-order valence-corrected chi connectivity index (χ2v) is 6.78. The Kier molecular flexibility index (Phi) is 10.5. The maximum Gasteiger partial charge on any atom is 0.249 e. The van der Waals surface area contributed by atoms with Gasteiger partial charge in [0.2, 0.25) is 11.8 Å².